The van der Waals surface area contributed by atoms with Crippen molar-refractivity contribution in [2.24, 2.45) is 0 Å². The molecule has 7 nitrogen and oxygen atoms in total. The number of methoxy groups -OCH3 is 2. The zero-order chi connectivity index (χ0) is 21.3. The Bertz CT molecular complexity index is 849. The second kappa shape index (κ2) is 10.5. The summed E-state index contributed by atoms with van der Waals surface area (Å²) in [7, 11) is 3.13. The predicted octanol–water partition coefficient (Wildman–Crippen LogP) is 2.10. The number of carbonyl (C=O) groups is 2. The molecular weight excluding hydrogens is 382 g/mol. The van der Waals surface area contributed by atoms with Gasteiger partial charge < -0.3 is 24.6 Å². The van der Waals surface area contributed by atoms with Gasteiger partial charge in [-0.05, 0) is 29.8 Å². The maximum atomic E-state index is 12.5. The average molecular weight is 412 g/mol. The van der Waals surface area contributed by atoms with Crippen LogP contribution in [-0.4, -0.2) is 63.7 Å². The van der Waals surface area contributed by atoms with Gasteiger partial charge in [0.15, 0.2) is 11.5 Å². The minimum absolute atomic E-state index is 0.0779. The molecule has 1 heterocycles. The van der Waals surface area contributed by atoms with E-state index in [1.54, 1.807) is 26.4 Å². The first-order valence-electron chi connectivity index (χ1n) is 10.2. The molecule has 0 radical (unpaired) electrons. The fourth-order valence-electron chi connectivity index (χ4n) is 3.56. The highest BCUT2D eigenvalue weighted by molar-refractivity contribution is 5.80. The molecule has 7 heteroatoms. The number of nitrogens with one attached hydrogen (secondary N) is 1. The van der Waals surface area contributed by atoms with Crippen LogP contribution in [0.15, 0.2) is 48.5 Å². The van der Waals surface area contributed by atoms with Crippen LogP contribution < -0.4 is 19.7 Å². The number of ether oxygens (including phenoxy) is 2. The number of rotatable bonds is 8. The van der Waals surface area contributed by atoms with Crippen LogP contribution in [0.1, 0.15) is 12.0 Å². The zero-order valence-corrected chi connectivity index (χ0v) is 17.6. The number of hydrogen-bond acceptors (Lipinski definition) is 5. The summed E-state index contributed by atoms with van der Waals surface area (Å²) in [6.45, 7) is 3.38. The van der Waals surface area contributed by atoms with Crippen LogP contribution in [0, 0.1) is 0 Å². The van der Waals surface area contributed by atoms with Crippen molar-refractivity contribution in [2.45, 2.75) is 12.8 Å². The molecule has 1 aliphatic rings. The van der Waals surface area contributed by atoms with E-state index in [-0.39, 0.29) is 18.2 Å². The average Bonchev–Trinajstić information content (AvgIpc) is 2.79. The maximum Gasteiger partial charge on any atom is 0.224 e. The number of piperazine rings is 1. The Balaban J connectivity index is 1.39. The van der Waals surface area contributed by atoms with Crippen molar-refractivity contribution < 1.29 is 19.1 Å². The summed E-state index contributed by atoms with van der Waals surface area (Å²) in [6.07, 6.45) is 0.535. The smallest absolute Gasteiger partial charge is 0.224 e. The Hall–Kier alpha value is -3.22. The van der Waals surface area contributed by atoms with Crippen molar-refractivity contribution in [1.29, 1.82) is 0 Å². The van der Waals surface area contributed by atoms with Gasteiger partial charge in [0.2, 0.25) is 11.8 Å². The minimum Gasteiger partial charge on any atom is -0.493 e. The molecule has 0 atom stereocenters. The second-order valence-corrected chi connectivity index (χ2v) is 7.17. The van der Waals surface area contributed by atoms with Crippen molar-refractivity contribution >= 4 is 17.5 Å². The van der Waals surface area contributed by atoms with Gasteiger partial charge in [0.25, 0.3) is 0 Å². The van der Waals surface area contributed by atoms with Gasteiger partial charge in [-0.2, -0.15) is 0 Å². The first-order valence-corrected chi connectivity index (χ1v) is 10.2. The molecule has 0 aliphatic carbocycles. The summed E-state index contributed by atoms with van der Waals surface area (Å²) in [6, 6.07) is 15.6. The molecule has 30 heavy (non-hydrogen) atoms. The van der Waals surface area contributed by atoms with Crippen LogP contribution in [-0.2, 0) is 16.0 Å². The molecule has 0 aromatic heterocycles. The zero-order valence-electron chi connectivity index (χ0n) is 17.6. The lowest BCUT2D eigenvalue weighted by molar-refractivity contribution is -0.131. The Labute approximate surface area is 177 Å². The van der Waals surface area contributed by atoms with Gasteiger partial charge in [-0.3, -0.25) is 9.59 Å². The van der Waals surface area contributed by atoms with Gasteiger partial charge in [-0.15, -0.1) is 0 Å². The lowest BCUT2D eigenvalue weighted by Crippen LogP contribution is -2.49. The van der Waals surface area contributed by atoms with Gasteiger partial charge >= 0.3 is 0 Å². The molecular formula is C23H29N3O4. The molecule has 3 rings (SSSR count). The Morgan fingerprint density at radius 3 is 2.30 bits per heavy atom. The van der Waals surface area contributed by atoms with Gasteiger partial charge in [0, 0.05) is 44.8 Å². The predicted molar refractivity (Wildman–Crippen MR) is 116 cm³/mol. The maximum absolute atomic E-state index is 12.5. The first kappa shape index (κ1) is 21.5. The van der Waals surface area contributed by atoms with Crippen molar-refractivity contribution in [3.8, 4) is 11.5 Å². The summed E-state index contributed by atoms with van der Waals surface area (Å²) in [5.74, 6) is 1.17. The Morgan fingerprint density at radius 2 is 1.63 bits per heavy atom. The summed E-state index contributed by atoms with van der Waals surface area (Å²) in [4.78, 5) is 28.8. The van der Waals surface area contributed by atoms with E-state index in [9.17, 15) is 9.59 Å². The summed E-state index contributed by atoms with van der Waals surface area (Å²) in [5.41, 5.74) is 2.01. The molecule has 0 bridgehead atoms. The van der Waals surface area contributed by atoms with Crippen LogP contribution in [0.5, 0.6) is 11.5 Å². The number of nitrogens with zero attached hydrogens (tertiary/aromatic N) is 2. The van der Waals surface area contributed by atoms with Gasteiger partial charge in [-0.25, -0.2) is 0 Å². The number of carbonyl (C=O) groups excluding carboxylic acids is 2. The summed E-state index contributed by atoms with van der Waals surface area (Å²) >= 11 is 0. The van der Waals surface area contributed by atoms with E-state index in [1.807, 2.05) is 29.2 Å². The van der Waals surface area contributed by atoms with Crippen LogP contribution in [0.2, 0.25) is 0 Å². The topological polar surface area (TPSA) is 71.1 Å². The third kappa shape index (κ3) is 5.65. The van der Waals surface area contributed by atoms with E-state index in [1.165, 1.54) is 5.69 Å². The van der Waals surface area contributed by atoms with E-state index < -0.39 is 0 Å². The molecule has 1 N–H and O–H groups in total. The minimum atomic E-state index is -0.121. The Kier molecular flexibility index (Phi) is 7.54. The van der Waals surface area contributed by atoms with Crippen molar-refractivity contribution in [2.75, 3.05) is 51.8 Å². The molecule has 0 spiro atoms. The van der Waals surface area contributed by atoms with E-state index in [0.29, 0.717) is 37.6 Å². The van der Waals surface area contributed by atoms with Gasteiger partial charge in [0.05, 0.1) is 20.6 Å². The number of para-hydroxylation sites is 1. The molecule has 0 saturated carbocycles. The van der Waals surface area contributed by atoms with Crippen molar-refractivity contribution in [3.05, 3.63) is 54.1 Å². The van der Waals surface area contributed by atoms with E-state index in [4.69, 9.17) is 9.47 Å². The quantitative estimate of drug-likeness (QED) is 0.720. The van der Waals surface area contributed by atoms with Crippen LogP contribution in [0.3, 0.4) is 0 Å². The first-order chi connectivity index (χ1) is 14.6. The monoisotopic (exact) mass is 411 g/mol. The fraction of sp³-hybridized carbons (Fsp3) is 0.391. The second-order valence-electron chi connectivity index (χ2n) is 7.17. The van der Waals surface area contributed by atoms with Crippen LogP contribution in [0.4, 0.5) is 5.69 Å². The van der Waals surface area contributed by atoms with Crippen molar-refractivity contribution in [1.82, 2.24) is 10.2 Å². The van der Waals surface area contributed by atoms with Gasteiger partial charge in [-0.1, -0.05) is 24.3 Å². The highest BCUT2D eigenvalue weighted by Gasteiger charge is 2.21. The van der Waals surface area contributed by atoms with E-state index in [0.717, 1.165) is 18.7 Å². The molecule has 0 unspecified atom stereocenters. The SMILES string of the molecule is COc1ccc(CC(=O)NCCC(=O)N2CCN(c3ccccc3)CC2)cc1OC. The number of amides is 2. The van der Waals surface area contributed by atoms with E-state index >= 15 is 0 Å². The van der Waals surface area contributed by atoms with E-state index in [2.05, 4.69) is 22.3 Å². The van der Waals surface area contributed by atoms with Crippen LogP contribution >= 0.6 is 0 Å². The highest BCUT2D eigenvalue weighted by Crippen LogP contribution is 2.27. The molecule has 160 valence electrons. The largest absolute Gasteiger partial charge is 0.493 e. The fourth-order valence-corrected chi connectivity index (χ4v) is 3.56. The lowest BCUT2D eigenvalue weighted by atomic mass is 10.1. The molecule has 2 amide bonds. The molecule has 1 aliphatic heterocycles. The number of anilines is 1. The highest BCUT2D eigenvalue weighted by atomic mass is 16.5. The normalized spacial score (nSPS) is 13.7. The standard InChI is InChI=1S/C23H29N3O4/c1-29-20-9-8-18(16-21(20)30-2)17-22(27)24-11-10-23(28)26-14-12-25(13-15-26)19-6-4-3-5-7-19/h3-9,16H,10-15,17H2,1-2H3,(H,24,27). The molecule has 1 saturated heterocycles. The lowest BCUT2D eigenvalue weighted by Gasteiger charge is -2.36. The van der Waals surface area contributed by atoms with Crippen molar-refractivity contribution in [3.63, 3.8) is 0 Å². The summed E-state index contributed by atoms with van der Waals surface area (Å²) < 4.78 is 10.5. The number of benzene rings is 2. The summed E-state index contributed by atoms with van der Waals surface area (Å²) in [5, 5.41) is 2.83. The third-order valence-electron chi connectivity index (χ3n) is 5.23. The molecule has 2 aromatic carbocycles. The van der Waals surface area contributed by atoms with Gasteiger partial charge in [0.1, 0.15) is 0 Å². The third-order valence-corrected chi connectivity index (χ3v) is 5.23. The van der Waals surface area contributed by atoms with Crippen LogP contribution in [0.25, 0.3) is 0 Å². The Morgan fingerprint density at radius 1 is 0.933 bits per heavy atom. The molecule has 2 aromatic rings. The number of hydrogen-bond donors (Lipinski definition) is 1. The molecule has 1 fully saturated rings.